The van der Waals surface area contributed by atoms with Gasteiger partial charge in [-0.15, -0.1) is 0 Å². The molecule has 2 aromatic heterocycles. The van der Waals surface area contributed by atoms with Gasteiger partial charge in [0.15, 0.2) is 5.65 Å². The molecule has 0 bridgehead atoms. The summed E-state index contributed by atoms with van der Waals surface area (Å²) in [6, 6.07) is 17.7. The molecular formula is C28H29BrN6O2. The molecular weight excluding hydrogens is 532 g/mol. The molecule has 2 aliphatic heterocycles. The molecule has 2 aliphatic rings. The number of anilines is 1. The van der Waals surface area contributed by atoms with Crippen molar-refractivity contribution in [2.45, 2.75) is 25.7 Å². The minimum atomic E-state index is 0.0600. The summed E-state index contributed by atoms with van der Waals surface area (Å²) in [5.41, 5.74) is 3.42. The summed E-state index contributed by atoms with van der Waals surface area (Å²) in [7, 11) is 0. The summed E-state index contributed by atoms with van der Waals surface area (Å²) >= 11 is 3.47. The first kappa shape index (κ1) is 24.1. The molecule has 8 nitrogen and oxygen atoms in total. The number of piperazine rings is 1. The highest BCUT2D eigenvalue weighted by atomic mass is 79.9. The van der Waals surface area contributed by atoms with Crippen molar-refractivity contribution in [2.24, 2.45) is 0 Å². The van der Waals surface area contributed by atoms with Crippen LogP contribution in [0.2, 0.25) is 0 Å². The molecule has 0 atom stereocenters. The Labute approximate surface area is 224 Å². The van der Waals surface area contributed by atoms with E-state index in [0.717, 1.165) is 64.6 Å². The predicted molar refractivity (Wildman–Crippen MR) is 146 cm³/mol. The van der Waals surface area contributed by atoms with Crippen molar-refractivity contribution in [3.8, 4) is 5.69 Å². The average molecular weight is 561 g/mol. The number of halogens is 1. The first-order valence-electron chi connectivity index (χ1n) is 12.8. The number of nitrogens with zero attached hydrogens (tertiary/aromatic N) is 6. The van der Waals surface area contributed by atoms with Crippen LogP contribution in [0.5, 0.6) is 0 Å². The number of amides is 1. The Morgan fingerprint density at radius 3 is 2.46 bits per heavy atom. The van der Waals surface area contributed by atoms with Gasteiger partial charge in [-0.2, -0.15) is 5.10 Å². The van der Waals surface area contributed by atoms with E-state index in [-0.39, 0.29) is 11.8 Å². The highest BCUT2D eigenvalue weighted by Crippen LogP contribution is 2.33. The Morgan fingerprint density at radius 1 is 0.973 bits per heavy atom. The number of hydrogen-bond acceptors (Lipinski definition) is 6. The number of carbonyl (C=O) groups is 1. The minimum Gasteiger partial charge on any atom is -0.381 e. The van der Waals surface area contributed by atoms with Gasteiger partial charge in [0.2, 0.25) is 0 Å². The summed E-state index contributed by atoms with van der Waals surface area (Å²) in [5.74, 6) is 2.09. The van der Waals surface area contributed by atoms with E-state index in [1.807, 2.05) is 71.1 Å². The van der Waals surface area contributed by atoms with Gasteiger partial charge in [-0.25, -0.2) is 14.6 Å². The van der Waals surface area contributed by atoms with Gasteiger partial charge in [-0.3, -0.25) is 4.79 Å². The van der Waals surface area contributed by atoms with Crippen LogP contribution in [0.25, 0.3) is 16.7 Å². The lowest BCUT2D eigenvalue weighted by Gasteiger charge is -2.36. The van der Waals surface area contributed by atoms with Crippen LogP contribution in [0.1, 0.15) is 40.6 Å². The zero-order valence-electron chi connectivity index (χ0n) is 20.8. The lowest BCUT2D eigenvalue weighted by molar-refractivity contribution is 0.0746. The third-order valence-electron chi connectivity index (χ3n) is 7.23. The topological polar surface area (TPSA) is 76.4 Å². The third-order valence-corrected chi connectivity index (χ3v) is 7.72. The van der Waals surface area contributed by atoms with Crippen LogP contribution in [-0.4, -0.2) is 69.9 Å². The fourth-order valence-electron chi connectivity index (χ4n) is 5.22. The van der Waals surface area contributed by atoms with E-state index in [0.29, 0.717) is 31.7 Å². The highest BCUT2D eigenvalue weighted by molar-refractivity contribution is 9.10. The number of aromatic nitrogens is 4. The van der Waals surface area contributed by atoms with Gasteiger partial charge < -0.3 is 14.5 Å². The van der Waals surface area contributed by atoms with Crippen molar-refractivity contribution in [1.82, 2.24) is 24.6 Å². The van der Waals surface area contributed by atoms with E-state index in [1.54, 1.807) is 0 Å². The molecule has 190 valence electrons. The number of ether oxygens (including phenoxy) is 1. The molecule has 2 fully saturated rings. The van der Waals surface area contributed by atoms with Crippen LogP contribution in [0, 0.1) is 6.92 Å². The Morgan fingerprint density at radius 2 is 1.73 bits per heavy atom. The summed E-state index contributed by atoms with van der Waals surface area (Å²) in [4.78, 5) is 27.6. The van der Waals surface area contributed by atoms with E-state index in [2.05, 4.69) is 20.8 Å². The largest absolute Gasteiger partial charge is 0.381 e. The number of para-hydroxylation sites is 1. The van der Waals surface area contributed by atoms with Crippen molar-refractivity contribution in [1.29, 1.82) is 0 Å². The third kappa shape index (κ3) is 4.73. The highest BCUT2D eigenvalue weighted by Gasteiger charge is 2.29. The summed E-state index contributed by atoms with van der Waals surface area (Å²) < 4.78 is 8.45. The van der Waals surface area contributed by atoms with Crippen LogP contribution in [-0.2, 0) is 4.74 Å². The molecule has 4 aromatic rings. The van der Waals surface area contributed by atoms with Gasteiger partial charge in [-0.1, -0.05) is 40.2 Å². The normalized spacial score (nSPS) is 16.9. The van der Waals surface area contributed by atoms with Gasteiger partial charge in [0.05, 0.1) is 16.8 Å². The minimum absolute atomic E-state index is 0.0600. The van der Waals surface area contributed by atoms with Gasteiger partial charge in [-0.05, 0) is 50.1 Å². The van der Waals surface area contributed by atoms with Crippen molar-refractivity contribution in [3.05, 3.63) is 76.2 Å². The van der Waals surface area contributed by atoms with E-state index in [1.165, 1.54) is 0 Å². The van der Waals surface area contributed by atoms with Gasteiger partial charge in [0, 0.05) is 55.3 Å². The maximum Gasteiger partial charge on any atom is 0.254 e. The molecule has 6 rings (SSSR count). The van der Waals surface area contributed by atoms with Crippen molar-refractivity contribution < 1.29 is 9.53 Å². The first-order chi connectivity index (χ1) is 18.1. The molecule has 0 unspecified atom stereocenters. The Balaban J connectivity index is 1.35. The predicted octanol–water partition coefficient (Wildman–Crippen LogP) is 4.74. The second-order valence-corrected chi connectivity index (χ2v) is 10.5. The van der Waals surface area contributed by atoms with Gasteiger partial charge in [0.1, 0.15) is 11.6 Å². The summed E-state index contributed by atoms with van der Waals surface area (Å²) in [6.07, 6.45) is 1.83. The molecule has 2 saturated heterocycles. The Hall–Kier alpha value is -3.30. The molecule has 0 aliphatic carbocycles. The number of carbonyl (C=O) groups excluding carboxylic acids is 1. The lowest BCUT2D eigenvalue weighted by atomic mass is 9.99. The zero-order valence-corrected chi connectivity index (χ0v) is 22.4. The molecule has 0 spiro atoms. The van der Waals surface area contributed by atoms with Crippen molar-refractivity contribution in [3.63, 3.8) is 0 Å². The lowest BCUT2D eigenvalue weighted by Crippen LogP contribution is -2.49. The first-order valence-corrected chi connectivity index (χ1v) is 13.6. The van der Waals surface area contributed by atoms with Crippen molar-refractivity contribution in [2.75, 3.05) is 44.3 Å². The molecule has 2 aromatic carbocycles. The Kier molecular flexibility index (Phi) is 6.65. The molecule has 0 radical (unpaired) electrons. The van der Waals surface area contributed by atoms with Crippen LogP contribution < -0.4 is 4.90 Å². The molecule has 37 heavy (non-hydrogen) atoms. The van der Waals surface area contributed by atoms with Crippen molar-refractivity contribution >= 4 is 38.7 Å². The molecule has 4 heterocycles. The average Bonchev–Trinajstić information content (AvgIpc) is 3.29. The van der Waals surface area contributed by atoms with Gasteiger partial charge in [0.25, 0.3) is 5.91 Å². The van der Waals surface area contributed by atoms with E-state index < -0.39 is 0 Å². The SMILES string of the molecule is Cc1nn(-c2ccccc2)c2nc(C3CCOCC3)nc(N3CCN(C(=O)c4cccc(Br)c4)CC3)c12. The quantitative estimate of drug-likeness (QED) is 0.358. The van der Waals surface area contributed by atoms with Crippen LogP contribution >= 0.6 is 15.9 Å². The van der Waals surface area contributed by atoms with Gasteiger partial charge >= 0.3 is 0 Å². The molecule has 1 amide bonds. The fraction of sp³-hybridized carbons (Fsp3) is 0.357. The number of benzene rings is 2. The smallest absolute Gasteiger partial charge is 0.254 e. The zero-order chi connectivity index (χ0) is 25.4. The fourth-order valence-corrected chi connectivity index (χ4v) is 5.62. The van der Waals surface area contributed by atoms with E-state index >= 15 is 0 Å². The standard InChI is InChI=1S/C28H29BrN6O2/c1-19-24-26(33-12-14-34(15-13-33)28(36)21-6-5-7-22(29)18-21)30-25(20-10-16-37-17-11-20)31-27(24)35(32-19)23-8-3-2-4-9-23/h2-9,18,20H,10-17H2,1H3. The van der Waals surface area contributed by atoms with E-state index in [9.17, 15) is 4.79 Å². The van der Waals surface area contributed by atoms with Crippen LogP contribution in [0.3, 0.4) is 0 Å². The monoisotopic (exact) mass is 560 g/mol. The number of hydrogen-bond donors (Lipinski definition) is 0. The second-order valence-electron chi connectivity index (χ2n) is 9.61. The summed E-state index contributed by atoms with van der Waals surface area (Å²) in [6.45, 7) is 6.16. The summed E-state index contributed by atoms with van der Waals surface area (Å²) in [5, 5.41) is 5.86. The maximum absolute atomic E-state index is 13.1. The second kappa shape index (κ2) is 10.2. The molecule has 0 saturated carbocycles. The maximum atomic E-state index is 13.1. The molecule has 0 N–H and O–H groups in total. The number of aryl methyl sites for hydroxylation is 1. The molecule has 9 heteroatoms. The number of rotatable bonds is 4. The van der Waals surface area contributed by atoms with E-state index in [4.69, 9.17) is 19.8 Å². The number of fused-ring (bicyclic) bond motifs is 1. The van der Waals surface area contributed by atoms with Crippen LogP contribution in [0.4, 0.5) is 5.82 Å². The Bertz CT molecular complexity index is 1430. The van der Waals surface area contributed by atoms with Crippen LogP contribution in [0.15, 0.2) is 59.1 Å².